The molecule has 0 aliphatic heterocycles. The number of nitrogens with zero attached hydrogens (tertiary/aromatic N) is 3. The molecule has 0 amide bonds. The molecule has 6 nitrogen and oxygen atoms in total. The van der Waals surface area contributed by atoms with Gasteiger partial charge in [0.2, 0.25) is 5.82 Å². The second-order valence-corrected chi connectivity index (χ2v) is 4.60. The lowest BCUT2D eigenvalue weighted by molar-refractivity contribution is 0.432. The zero-order valence-corrected chi connectivity index (χ0v) is 10.8. The molecule has 0 atom stereocenters. The number of aromatic nitrogens is 4. The van der Waals surface area contributed by atoms with Crippen LogP contribution in [-0.4, -0.2) is 25.2 Å². The van der Waals surface area contributed by atoms with E-state index in [2.05, 4.69) is 20.1 Å². The summed E-state index contributed by atoms with van der Waals surface area (Å²) in [6.07, 6.45) is 1.64. The maximum atomic E-state index is 9.29. The van der Waals surface area contributed by atoms with E-state index in [0.29, 0.717) is 11.7 Å². The van der Waals surface area contributed by atoms with Crippen molar-refractivity contribution in [1.29, 1.82) is 0 Å². The Hall–Kier alpha value is -3.15. The van der Waals surface area contributed by atoms with Crippen LogP contribution in [0.3, 0.4) is 0 Å². The van der Waals surface area contributed by atoms with Crippen molar-refractivity contribution in [2.24, 2.45) is 0 Å². The van der Waals surface area contributed by atoms with Crippen molar-refractivity contribution in [3.63, 3.8) is 0 Å². The molecule has 0 fully saturated rings. The second kappa shape index (κ2) is 4.45. The minimum atomic E-state index is 0.201. The van der Waals surface area contributed by atoms with E-state index in [4.69, 9.17) is 4.52 Å². The smallest absolute Gasteiger partial charge is 0.258 e. The molecule has 2 N–H and O–H groups in total. The number of nitrogens with one attached hydrogen (secondary N) is 1. The van der Waals surface area contributed by atoms with Crippen molar-refractivity contribution >= 4 is 11.0 Å². The number of H-pyrrole nitrogens is 1. The maximum Gasteiger partial charge on any atom is 0.258 e. The third kappa shape index (κ3) is 2.02. The molecule has 4 aromatic rings. The number of hydrogen-bond donors (Lipinski definition) is 2. The predicted octanol–water partition coefficient (Wildman–Crippen LogP) is 2.99. The Balaban J connectivity index is 1.74. The molecular formula is C15H10N4O2. The molecule has 6 heteroatoms. The van der Waals surface area contributed by atoms with Crippen LogP contribution in [-0.2, 0) is 0 Å². The van der Waals surface area contributed by atoms with Crippen LogP contribution in [0, 0.1) is 0 Å². The number of fused-ring (bicyclic) bond motifs is 1. The van der Waals surface area contributed by atoms with Crippen molar-refractivity contribution < 1.29 is 9.63 Å². The molecule has 0 spiro atoms. The lowest BCUT2D eigenvalue weighted by atomic mass is 10.2. The molecule has 0 saturated carbocycles. The van der Waals surface area contributed by atoms with E-state index in [1.54, 1.807) is 30.6 Å². The van der Waals surface area contributed by atoms with Crippen LogP contribution in [0.2, 0.25) is 0 Å². The fraction of sp³-hybridized carbons (Fsp3) is 0. The van der Waals surface area contributed by atoms with Gasteiger partial charge in [0.15, 0.2) is 0 Å². The molecule has 21 heavy (non-hydrogen) atoms. The first-order chi connectivity index (χ1) is 10.3. The number of benzene rings is 2. The van der Waals surface area contributed by atoms with E-state index in [-0.39, 0.29) is 5.75 Å². The highest BCUT2D eigenvalue weighted by Gasteiger charge is 2.11. The number of rotatable bonds is 2. The Labute approximate surface area is 119 Å². The topological polar surface area (TPSA) is 87.8 Å². The molecule has 2 aromatic heterocycles. The van der Waals surface area contributed by atoms with E-state index in [0.717, 1.165) is 22.2 Å². The van der Waals surface area contributed by atoms with Crippen LogP contribution in [0.4, 0.5) is 0 Å². The number of phenols is 1. The minimum Gasteiger partial charge on any atom is -0.508 e. The molecule has 0 aliphatic rings. The third-order valence-corrected chi connectivity index (χ3v) is 3.22. The second-order valence-electron chi connectivity index (χ2n) is 4.60. The summed E-state index contributed by atoms with van der Waals surface area (Å²) in [6.45, 7) is 0. The molecule has 2 heterocycles. The van der Waals surface area contributed by atoms with Crippen LogP contribution in [0.1, 0.15) is 0 Å². The van der Waals surface area contributed by atoms with Crippen molar-refractivity contribution in [1.82, 2.24) is 20.1 Å². The van der Waals surface area contributed by atoms with Gasteiger partial charge in [-0.1, -0.05) is 5.16 Å². The summed E-state index contributed by atoms with van der Waals surface area (Å²) in [4.78, 5) is 11.6. The highest BCUT2D eigenvalue weighted by Crippen LogP contribution is 2.25. The van der Waals surface area contributed by atoms with Gasteiger partial charge in [0, 0.05) is 11.1 Å². The Morgan fingerprint density at radius 3 is 2.67 bits per heavy atom. The van der Waals surface area contributed by atoms with E-state index in [1.807, 2.05) is 18.2 Å². The molecule has 4 rings (SSSR count). The number of imidazole rings is 1. The standard InChI is InChI=1S/C15H10N4O2/c20-11-4-1-9(2-5-11)14-18-15(21-19-14)10-3-6-12-13(7-10)17-8-16-12/h1-8,20H,(H,16,17). The third-order valence-electron chi connectivity index (χ3n) is 3.22. The Kier molecular flexibility index (Phi) is 2.47. The molecule has 0 radical (unpaired) electrons. The van der Waals surface area contributed by atoms with Crippen LogP contribution >= 0.6 is 0 Å². The normalized spacial score (nSPS) is 11.0. The van der Waals surface area contributed by atoms with Crippen molar-refractivity contribution in [3.05, 3.63) is 48.8 Å². The van der Waals surface area contributed by atoms with Gasteiger partial charge in [0.25, 0.3) is 5.89 Å². The van der Waals surface area contributed by atoms with Gasteiger partial charge in [-0.05, 0) is 42.5 Å². The average Bonchev–Trinajstić information content (AvgIpc) is 3.16. The Morgan fingerprint density at radius 2 is 1.81 bits per heavy atom. The van der Waals surface area contributed by atoms with Gasteiger partial charge in [-0.15, -0.1) is 0 Å². The van der Waals surface area contributed by atoms with Crippen LogP contribution < -0.4 is 0 Å². The van der Waals surface area contributed by atoms with Crippen molar-refractivity contribution in [2.75, 3.05) is 0 Å². The summed E-state index contributed by atoms with van der Waals surface area (Å²) in [5, 5.41) is 13.3. The van der Waals surface area contributed by atoms with Crippen molar-refractivity contribution in [2.45, 2.75) is 0 Å². The summed E-state index contributed by atoms with van der Waals surface area (Å²) in [5.41, 5.74) is 3.41. The van der Waals surface area contributed by atoms with E-state index in [9.17, 15) is 5.11 Å². The largest absolute Gasteiger partial charge is 0.508 e. The number of aromatic hydroxyl groups is 1. The van der Waals surface area contributed by atoms with E-state index in [1.165, 1.54) is 0 Å². The number of phenolic OH excluding ortho intramolecular Hbond substituents is 1. The van der Waals surface area contributed by atoms with Gasteiger partial charge < -0.3 is 14.6 Å². The minimum absolute atomic E-state index is 0.201. The quantitative estimate of drug-likeness (QED) is 0.588. The predicted molar refractivity (Wildman–Crippen MR) is 76.5 cm³/mol. The lowest BCUT2D eigenvalue weighted by Gasteiger charge is -1.95. The fourth-order valence-corrected chi connectivity index (χ4v) is 2.14. The van der Waals surface area contributed by atoms with Gasteiger partial charge in [-0.3, -0.25) is 0 Å². The summed E-state index contributed by atoms with van der Waals surface area (Å²) >= 11 is 0. The molecule has 0 aliphatic carbocycles. The molecular weight excluding hydrogens is 268 g/mol. The zero-order valence-electron chi connectivity index (χ0n) is 10.8. The zero-order chi connectivity index (χ0) is 14.2. The molecule has 0 saturated heterocycles. The summed E-state index contributed by atoms with van der Waals surface area (Å²) in [7, 11) is 0. The van der Waals surface area contributed by atoms with E-state index < -0.39 is 0 Å². The molecule has 0 unspecified atom stereocenters. The summed E-state index contributed by atoms with van der Waals surface area (Å²) in [6, 6.07) is 12.3. The van der Waals surface area contributed by atoms with Crippen LogP contribution in [0.15, 0.2) is 53.3 Å². The van der Waals surface area contributed by atoms with Gasteiger partial charge in [-0.25, -0.2) is 4.98 Å². The Morgan fingerprint density at radius 1 is 1.00 bits per heavy atom. The van der Waals surface area contributed by atoms with Crippen LogP contribution in [0.5, 0.6) is 5.75 Å². The van der Waals surface area contributed by atoms with Gasteiger partial charge in [0.05, 0.1) is 17.4 Å². The fourth-order valence-electron chi connectivity index (χ4n) is 2.14. The first kappa shape index (κ1) is 11.7. The van der Waals surface area contributed by atoms with Crippen molar-refractivity contribution in [3.8, 4) is 28.6 Å². The van der Waals surface area contributed by atoms with E-state index >= 15 is 0 Å². The first-order valence-electron chi connectivity index (χ1n) is 6.36. The van der Waals surface area contributed by atoms with Gasteiger partial charge >= 0.3 is 0 Å². The maximum absolute atomic E-state index is 9.29. The first-order valence-corrected chi connectivity index (χ1v) is 6.36. The SMILES string of the molecule is Oc1ccc(-c2noc(-c3ccc4nc[nH]c4c3)n2)cc1. The lowest BCUT2D eigenvalue weighted by Crippen LogP contribution is -1.81. The summed E-state index contributed by atoms with van der Waals surface area (Å²) < 4.78 is 5.30. The Bertz CT molecular complexity index is 909. The monoisotopic (exact) mass is 278 g/mol. The summed E-state index contributed by atoms with van der Waals surface area (Å²) in [5.74, 6) is 1.12. The highest BCUT2D eigenvalue weighted by molar-refractivity contribution is 5.79. The average molecular weight is 278 g/mol. The van der Waals surface area contributed by atoms with Gasteiger partial charge in [-0.2, -0.15) is 4.98 Å². The van der Waals surface area contributed by atoms with Crippen LogP contribution in [0.25, 0.3) is 33.9 Å². The van der Waals surface area contributed by atoms with Gasteiger partial charge in [0.1, 0.15) is 5.75 Å². The molecule has 2 aromatic carbocycles. The molecule has 0 bridgehead atoms. The highest BCUT2D eigenvalue weighted by atomic mass is 16.5. The number of hydrogen-bond acceptors (Lipinski definition) is 5. The molecule has 102 valence electrons. The number of aromatic amines is 1.